The maximum atomic E-state index is 13.5. The van der Waals surface area contributed by atoms with Crippen molar-refractivity contribution in [2.75, 3.05) is 5.32 Å². The van der Waals surface area contributed by atoms with Crippen LogP contribution in [0.3, 0.4) is 0 Å². The van der Waals surface area contributed by atoms with Gasteiger partial charge in [0.05, 0.1) is 22.5 Å². The fourth-order valence-electron chi connectivity index (χ4n) is 5.35. The van der Waals surface area contributed by atoms with E-state index in [0.717, 1.165) is 18.4 Å². The van der Waals surface area contributed by atoms with Gasteiger partial charge in [-0.3, -0.25) is 14.5 Å². The number of rotatable bonds is 5. The summed E-state index contributed by atoms with van der Waals surface area (Å²) in [5.41, 5.74) is 1.29. The number of carbonyl (C=O) groups excluding carboxylic acids is 3. The van der Waals surface area contributed by atoms with E-state index in [1.807, 2.05) is 30.3 Å². The molecule has 2 bridgehead atoms. The van der Waals surface area contributed by atoms with Crippen LogP contribution in [0, 0.1) is 23.7 Å². The maximum absolute atomic E-state index is 13.5. The molecule has 1 aliphatic heterocycles. The Morgan fingerprint density at radius 1 is 0.970 bits per heavy atom. The number of benzene rings is 2. The van der Waals surface area contributed by atoms with Crippen molar-refractivity contribution >= 4 is 46.7 Å². The second-order valence-corrected chi connectivity index (χ2v) is 9.66. The highest BCUT2D eigenvalue weighted by Crippen LogP contribution is 2.50. The van der Waals surface area contributed by atoms with Gasteiger partial charge in [-0.25, -0.2) is 4.79 Å². The summed E-state index contributed by atoms with van der Waals surface area (Å²) in [5, 5.41) is 6.28. The van der Waals surface area contributed by atoms with Gasteiger partial charge in [0.1, 0.15) is 6.17 Å². The lowest BCUT2D eigenvalue weighted by Gasteiger charge is -2.38. The molecule has 8 heteroatoms. The number of allylic oxidation sites excluding steroid dienone is 2. The minimum atomic E-state index is -0.816. The van der Waals surface area contributed by atoms with Crippen LogP contribution in [-0.2, 0) is 16.0 Å². The minimum absolute atomic E-state index is 0.0838. The molecule has 5 atom stereocenters. The smallest absolute Gasteiger partial charge is 0.317 e. The van der Waals surface area contributed by atoms with E-state index in [-0.39, 0.29) is 35.5 Å². The molecule has 2 aromatic carbocycles. The van der Waals surface area contributed by atoms with Crippen molar-refractivity contribution in [3.05, 3.63) is 76.3 Å². The molecule has 4 aliphatic rings. The zero-order chi connectivity index (χ0) is 23.1. The molecule has 1 heterocycles. The van der Waals surface area contributed by atoms with E-state index < -0.39 is 12.2 Å². The fraction of sp³-hybridized carbons (Fsp3) is 0.320. The molecule has 0 radical (unpaired) electrons. The second-order valence-electron chi connectivity index (χ2n) is 8.82. The Hall–Kier alpha value is -2.83. The summed E-state index contributed by atoms with van der Waals surface area (Å²) >= 11 is 12.1. The predicted octanol–water partition coefficient (Wildman–Crippen LogP) is 4.88. The Bertz CT molecular complexity index is 1100. The summed E-state index contributed by atoms with van der Waals surface area (Å²) in [6.45, 7) is 0. The van der Waals surface area contributed by atoms with E-state index in [2.05, 4.69) is 22.8 Å². The van der Waals surface area contributed by atoms with Gasteiger partial charge in [0.2, 0.25) is 11.8 Å². The van der Waals surface area contributed by atoms with Crippen molar-refractivity contribution in [2.45, 2.75) is 25.4 Å². The molecule has 2 N–H and O–H groups in total. The highest BCUT2D eigenvalue weighted by Gasteiger charge is 2.58. The monoisotopic (exact) mass is 483 g/mol. The van der Waals surface area contributed by atoms with Gasteiger partial charge in [-0.1, -0.05) is 65.7 Å². The van der Waals surface area contributed by atoms with Crippen LogP contribution in [0.4, 0.5) is 10.5 Å². The van der Waals surface area contributed by atoms with Gasteiger partial charge in [0, 0.05) is 11.4 Å². The molecule has 0 unspecified atom stereocenters. The standard InChI is InChI=1S/C25H23Cl2N3O3/c26-17-10-11-19(18(27)13-17)28-25(33)29-20(12-14-4-2-1-3-5-14)30-23(31)21-15-6-7-16(9-8-15)22(21)24(30)32/h1-7,10-11,13,15-16,20-22H,8-9,12H2,(H2,28,29,33)/t15-,16-,20+,21-,22+/m0/s1. The summed E-state index contributed by atoms with van der Waals surface area (Å²) < 4.78 is 0. The molecular formula is C25H23Cl2N3O3. The number of likely N-dealkylation sites (tertiary alicyclic amines) is 1. The zero-order valence-electron chi connectivity index (χ0n) is 17.7. The van der Waals surface area contributed by atoms with Gasteiger partial charge in [0.25, 0.3) is 0 Å². The number of halogens is 2. The third kappa shape index (κ3) is 4.13. The third-order valence-electron chi connectivity index (χ3n) is 6.85. The van der Waals surface area contributed by atoms with E-state index in [1.54, 1.807) is 12.1 Å². The van der Waals surface area contributed by atoms with Crippen LogP contribution in [0.25, 0.3) is 0 Å². The molecule has 2 aromatic rings. The van der Waals surface area contributed by atoms with Crippen molar-refractivity contribution in [1.29, 1.82) is 0 Å². The molecule has 1 saturated carbocycles. The summed E-state index contributed by atoms with van der Waals surface area (Å²) in [6.07, 6.45) is 5.49. The number of amides is 4. The van der Waals surface area contributed by atoms with Crippen molar-refractivity contribution in [1.82, 2.24) is 10.2 Å². The van der Waals surface area contributed by atoms with Crippen LogP contribution >= 0.6 is 23.2 Å². The van der Waals surface area contributed by atoms with Crippen LogP contribution in [0.15, 0.2) is 60.7 Å². The zero-order valence-corrected chi connectivity index (χ0v) is 19.2. The van der Waals surface area contributed by atoms with Gasteiger partial charge in [-0.2, -0.15) is 0 Å². The van der Waals surface area contributed by atoms with Gasteiger partial charge in [0.15, 0.2) is 0 Å². The number of nitrogens with zero attached hydrogens (tertiary/aromatic N) is 1. The van der Waals surface area contributed by atoms with Gasteiger partial charge in [-0.15, -0.1) is 0 Å². The van der Waals surface area contributed by atoms with Crippen molar-refractivity contribution in [2.24, 2.45) is 23.7 Å². The number of urea groups is 1. The fourth-order valence-corrected chi connectivity index (χ4v) is 5.80. The Labute approximate surface area is 201 Å². The molecule has 170 valence electrons. The summed E-state index contributed by atoms with van der Waals surface area (Å²) in [7, 11) is 0. The molecule has 0 aromatic heterocycles. The molecule has 3 aliphatic carbocycles. The predicted molar refractivity (Wildman–Crippen MR) is 127 cm³/mol. The van der Waals surface area contributed by atoms with Crippen molar-refractivity contribution in [3.63, 3.8) is 0 Å². The van der Waals surface area contributed by atoms with Gasteiger partial charge < -0.3 is 10.6 Å². The van der Waals surface area contributed by atoms with E-state index in [9.17, 15) is 14.4 Å². The maximum Gasteiger partial charge on any atom is 0.320 e. The molecule has 2 fully saturated rings. The Kier molecular flexibility index (Phi) is 5.89. The first-order valence-corrected chi connectivity index (χ1v) is 11.8. The first kappa shape index (κ1) is 22.0. The van der Waals surface area contributed by atoms with Crippen molar-refractivity contribution in [3.8, 4) is 0 Å². The number of imide groups is 1. The van der Waals surface area contributed by atoms with Crippen LogP contribution in [0.1, 0.15) is 18.4 Å². The number of hydrogen-bond donors (Lipinski definition) is 2. The number of carbonyl (C=O) groups is 3. The highest BCUT2D eigenvalue weighted by atomic mass is 35.5. The number of fused-ring (bicyclic) bond motifs is 1. The van der Waals surface area contributed by atoms with Gasteiger partial charge in [-0.05, 0) is 48.4 Å². The lowest BCUT2D eigenvalue weighted by Crippen LogP contribution is -2.53. The second kappa shape index (κ2) is 8.84. The van der Waals surface area contributed by atoms with E-state index in [4.69, 9.17) is 23.2 Å². The average molecular weight is 484 g/mol. The number of hydrogen-bond acceptors (Lipinski definition) is 3. The number of anilines is 1. The quantitative estimate of drug-likeness (QED) is 0.469. The van der Waals surface area contributed by atoms with E-state index >= 15 is 0 Å². The Morgan fingerprint density at radius 3 is 2.18 bits per heavy atom. The summed E-state index contributed by atoms with van der Waals surface area (Å²) in [6, 6.07) is 13.7. The Morgan fingerprint density at radius 2 is 1.61 bits per heavy atom. The van der Waals surface area contributed by atoms with E-state index in [1.165, 1.54) is 11.0 Å². The van der Waals surface area contributed by atoms with Gasteiger partial charge >= 0.3 is 6.03 Å². The number of nitrogens with one attached hydrogen (secondary N) is 2. The molecule has 33 heavy (non-hydrogen) atoms. The van der Waals surface area contributed by atoms with Crippen LogP contribution in [-0.4, -0.2) is 28.9 Å². The molecule has 6 rings (SSSR count). The lowest BCUT2D eigenvalue weighted by atomic mass is 9.63. The molecule has 1 saturated heterocycles. The molecule has 4 amide bonds. The largest absolute Gasteiger partial charge is 0.320 e. The topological polar surface area (TPSA) is 78.5 Å². The molecule has 6 nitrogen and oxygen atoms in total. The highest BCUT2D eigenvalue weighted by molar-refractivity contribution is 6.36. The normalized spacial score (nSPS) is 26.3. The third-order valence-corrected chi connectivity index (χ3v) is 7.40. The molecule has 0 spiro atoms. The first-order valence-electron chi connectivity index (χ1n) is 11.0. The lowest BCUT2D eigenvalue weighted by molar-refractivity contribution is -0.143. The van der Waals surface area contributed by atoms with Crippen LogP contribution in [0.2, 0.25) is 10.0 Å². The minimum Gasteiger partial charge on any atom is -0.317 e. The van der Waals surface area contributed by atoms with Crippen LogP contribution < -0.4 is 10.6 Å². The average Bonchev–Trinajstić information content (AvgIpc) is 3.09. The summed E-state index contributed by atoms with van der Waals surface area (Å²) in [4.78, 5) is 41.1. The summed E-state index contributed by atoms with van der Waals surface area (Å²) in [5.74, 6) is -0.907. The Balaban J connectivity index is 1.41. The molecular weight excluding hydrogens is 461 g/mol. The first-order chi connectivity index (χ1) is 15.9. The van der Waals surface area contributed by atoms with Crippen LogP contribution in [0.5, 0.6) is 0 Å². The SMILES string of the molecule is O=C(Nc1ccc(Cl)cc1Cl)N[C@@H](Cc1ccccc1)N1C(=O)[C@@H]2[C@H](C1=O)[C@H]1C=C[C@H]2CC1. The van der Waals surface area contributed by atoms with E-state index in [0.29, 0.717) is 22.2 Å². The van der Waals surface area contributed by atoms with Crippen molar-refractivity contribution < 1.29 is 14.4 Å².